The fraction of sp³-hybridized carbons (Fsp3) is 0.625. The average Bonchev–Trinajstić information content (AvgIpc) is 2.88. The highest BCUT2D eigenvalue weighted by atomic mass is 16.5. The topological polar surface area (TPSA) is 21.3 Å². The van der Waals surface area contributed by atoms with Gasteiger partial charge in [-0.25, -0.2) is 0 Å². The van der Waals surface area contributed by atoms with Gasteiger partial charge in [-0.3, -0.25) is 0 Å². The summed E-state index contributed by atoms with van der Waals surface area (Å²) in [6.07, 6.45) is 7.96. The summed E-state index contributed by atoms with van der Waals surface area (Å²) in [5.41, 5.74) is 2.65. The molecule has 0 atom stereocenters. The molecule has 0 saturated heterocycles. The van der Waals surface area contributed by atoms with Crippen molar-refractivity contribution in [3.05, 3.63) is 29.3 Å². The molecule has 1 aromatic rings. The molecule has 0 radical (unpaired) electrons. The third kappa shape index (κ3) is 3.74. The van der Waals surface area contributed by atoms with Crippen molar-refractivity contribution in [1.82, 2.24) is 5.32 Å². The molecule has 0 bridgehead atoms. The van der Waals surface area contributed by atoms with Gasteiger partial charge in [-0.2, -0.15) is 0 Å². The third-order valence-corrected chi connectivity index (χ3v) is 3.89. The van der Waals surface area contributed by atoms with Gasteiger partial charge in [0.25, 0.3) is 0 Å². The zero-order valence-corrected chi connectivity index (χ0v) is 11.7. The molecule has 0 spiro atoms. The molecule has 1 saturated carbocycles. The maximum absolute atomic E-state index is 5.28. The van der Waals surface area contributed by atoms with Gasteiger partial charge in [0.05, 0.1) is 7.11 Å². The summed E-state index contributed by atoms with van der Waals surface area (Å²) >= 11 is 0. The number of nitrogens with one attached hydrogen (secondary N) is 1. The first-order valence-corrected chi connectivity index (χ1v) is 7.16. The van der Waals surface area contributed by atoms with Gasteiger partial charge >= 0.3 is 0 Å². The lowest BCUT2D eigenvalue weighted by Gasteiger charge is -2.12. The highest BCUT2D eigenvalue weighted by Gasteiger charge is 2.13. The van der Waals surface area contributed by atoms with Crippen LogP contribution in [0.25, 0.3) is 0 Å². The second-order valence-corrected chi connectivity index (χ2v) is 5.34. The Kier molecular flexibility index (Phi) is 5.06. The van der Waals surface area contributed by atoms with E-state index in [0.29, 0.717) is 0 Å². The van der Waals surface area contributed by atoms with Crippen LogP contribution in [-0.4, -0.2) is 19.7 Å². The Morgan fingerprint density at radius 3 is 2.72 bits per heavy atom. The van der Waals surface area contributed by atoms with Crippen molar-refractivity contribution < 1.29 is 4.74 Å². The predicted molar refractivity (Wildman–Crippen MR) is 76.3 cm³/mol. The first-order chi connectivity index (χ1) is 8.79. The number of rotatable bonds is 6. The van der Waals surface area contributed by atoms with Gasteiger partial charge in [0.1, 0.15) is 5.75 Å². The number of hydrogen-bond donors (Lipinski definition) is 1. The molecule has 1 aromatic carbocycles. The van der Waals surface area contributed by atoms with Gasteiger partial charge in [-0.05, 0) is 56.3 Å². The van der Waals surface area contributed by atoms with Crippen LogP contribution in [-0.2, 0) is 6.42 Å². The largest absolute Gasteiger partial charge is 0.496 e. The van der Waals surface area contributed by atoms with Crippen molar-refractivity contribution in [3.8, 4) is 5.75 Å². The second-order valence-electron chi connectivity index (χ2n) is 5.34. The van der Waals surface area contributed by atoms with Crippen molar-refractivity contribution >= 4 is 0 Å². The van der Waals surface area contributed by atoms with Gasteiger partial charge in [-0.1, -0.05) is 25.0 Å². The van der Waals surface area contributed by atoms with E-state index in [2.05, 4.69) is 30.4 Å². The molecule has 0 aliphatic heterocycles. The van der Waals surface area contributed by atoms with E-state index in [0.717, 1.165) is 24.8 Å². The van der Waals surface area contributed by atoms with Crippen molar-refractivity contribution in [2.45, 2.75) is 51.5 Å². The Morgan fingerprint density at radius 2 is 2.06 bits per heavy atom. The van der Waals surface area contributed by atoms with E-state index in [1.165, 1.54) is 43.2 Å². The van der Waals surface area contributed by atoms with Crippen LogP contribution in [0.3, 0.4) is 0 Å². The Balaban J connectivity index is 1.71. The molecule has 1 N–H and O–H groups in total. The van der Waals surface area contributed by atoms with Crippen LogP contribution in [0.1, 0.15) is 43.2 Å². The quantitative estimate of drug-likeness (QED) is 0.777. The number of methoxy groups -OCH3 is 1. The molecule has 1 aliphatic rings. The van der Waals surface area contributed by atoms with Gasteiger partial charge in [0, 0.05) is 6.04 Å². The summed E-state index contributed by atoms with van der Waals surface area (Å²) in [5, 5.41) is 3.66. The molecule has 100 valence electrons. The summed E-state index contributed by atoms with van der Waals surface area (Å²) in [6, 6.07) is 7.30. The zero-order valence-electron chi connectivity index (χ0n) is 11.7. The molecule has 1 aliphatic carbocycles. The molecular formula is C16H25NO. The van der Waals surface area contributed by atoms with E-state index in [4.69, 9.17) is 4.74 Å². The maximum atomic E-state index is 5.28. The van der Waals surface area contributed by atoms with Crippen LogP contribution in [0, 0.1) is 6.92 Å². The first kappa shape index (κ1) is 13.4. The Hall–Kier alpha value is -1.02. The fourth-order valence-electron chi connectivity index (χ4n) is 2.82. The average molecular weight is 247 g/mol. The smallest absolute Gasteiger partial charge is 0.121 e. The summed E-state index contributed by atoms with van der Waals surface area (Å²) in [4.78, 5) is 0. The first-order valence-electron chi connectivity index (χ1n) is 7.16. The number of aryl methyl sites for hydroxylation is 2. The summed E-state index contributed by atoms with van der Waals surface area (Å²) in [6.45, 7) is 3.26. The molecule has 0 aromatic heterocycles. The van der Waals surface area contributed by atoms with Gasteiger partial charge in [0.2, 0.25) is 0 Å². The van der Waals surface area contributed by atoms with Gasteiger partial charge < -0.3 is 10.1 Å². The van der Waals surface area contributed by atoms with E-state index in [-0.39, 0.29) is 0 Å². The Morgan fingerprint density at radius 1 is 1.28 bits per heavy atom. The van der Waals surface area contributed by atoms with Crippen LogP contribution in [0.15, 0.2) is 18.2 Å². The number of benzene rings is 1. The molecule has 18 heavy (non-hydrogen) atoms. The molecular weight excluding hydrogens is 222 g/mol. The number of ether oxygens (including phenoxy) is 1. The molecule has 2 nitrogen and oxygen atoms in total. The maximum Gasteiger partial charge on any atom is 0.121 e. The highest BCUT2D eigenvalue weighted by molar-refractivity contribution is 5.36. The standard InChI is InChI=1S/C16H25NO/c1-13-12-14(9-10-16(13)18-2)6-5-11-17-15-7-3-4-8-15/h9-10,12,15,17H,3-8,11H2,1-2H3. The molecule has 0 heterocycles. The lowest BCUT2D eigenvalue weighted by Crippen LogP contribution is -2.27. The van der Waals surface area contributed by atoms with Crippen molar-refractivity contribution in [3.63, 3.8) is 0 Å². The van der Waals surface area contributed by atoms with Gasteiger partial charge in [0.15, 0.2) is 0 Å². The predicted octanol–water partition coefficient (Wildman–Crippen LogP) is 3.47. The normalized spacial score (nSPS) is 16.1. The van der Waals surface area contributed by atoms with E-state index >= 15 is 0 Å². The third-order valence-electron chi connectivity index (χ3n) is 3.89. The molecule has 0 amide bonds. The molecule has 1 fully saturated rings. The zero-order chi connectivity index (χ0) is 12.8. The van der Waals surface area contributed by atoms with Gasteiger partial charge in [-0.15, -0.1) is 0 Å². The van der Waals surface area contributed by atoms with Crippen LogP contribution in [0.4, 0.5) is 0 Å². The van der Waals surface area contributed by atoms with Crippen LogP contribution < -0.4 is 10.1 Å². The highest BCUT2D eigenvalue weighted by Crippen LogP contribution is 2.20. The van der Waals surface area contributed by atoms with E-state index in [9.17, 15) is 0 Å². The van der Waals surface area contributed by atoms with Crippen LogP contribution in [0.5, 0.6) is 5.75 Å². The minimum absolute atomic E-state index is 0.794. The molecule has 0 unspecified atom stereocenters. The molecule has 2 rings (SSSR count). The lowest BCUT2D eigenvalue weighted by molar-refractivity contribution is 0.411. The second kappa shape index (κ2) is 6.79. The SMILES string of the molecule is COc1ccc(CCCNC2CCCC2)cc1C. The van der Waals surface area contributed by atoms with Crippen LogP contribution in [0.2, 0.25) is 0 Å². The van der Waals surface area contributed by atoms with E-state index in [1.54, 1.807) is 7.11 Å². The summed E-state index contributed by atoms with van der Waals surface area (Å²) in [5.74, 6) is 0.989. The van der Waals surface area contributed by atoms with Crippen molar-refractivity contribution in [2.24, 2.45) is 0 Å². The minimum atomic E-state index is 0.794. The minimum Gasteiger partial charge on any atom is -0.496 e. The Labute approximate surface area is 111 Å². The van der Waals surface area contributed by atoms with Crippen molar-refractivity contribution in [1.29, 1.82) is 0 Å². The van der Waals surface area contributed by atoms with Crippen molar-refractivity contribution in [2.75, 3.05) is 13.7 Å². The number of hydrogen-bond acceptors (Lipinski definition) is 2. The van der Waals surface area contributed by atoms with Crippen LogP contribution >= 0.6 is 0 Å². The fourth-order valence-corrected chi connectivity index (χ4v) is 2.82. The Bertz CT molecular complexity index is 369. The summed E-state index contributed by atoms with van der Waals surface area (Å²) in [7, 11) is 1.73. The summed E-state index contributed by atoms with van der Waals surface area (Å²) < 4.78 is 5.28. The van der Waals surface area contributed by atoms with E-state index < -0.39 is 0 Å². The molecule has 2 heteroatoms. The monoisotopic (exact) mass is 247 g/mol. The van der Waals surface area contributed by atoms with E-state index in [1.807, 2.05) is 0 Å². The lowest BCUT2D eigenvalue weighted by atomic mass is 10.1.